The van der Waals surface area contributed by atoms with E-state index in [0.717, 1.165) is 12.8 Å². The molecule has 0 saturated heterocycles. The number of esters is 1. The van der Waals surface area contributed by atoms with Crippen molar-refractivity contribution in [2.24, 2.45) is 10.8 Å². The molecule has 0 spiro atoms. The number of hydrogen-bond acceptors (Lipinski definition) is 4. The zero-order chi connectivity index (χ0) is 16.4. The van der Waals surface area contributed by atoms with Crippen molar-refractivity contribution < 1.29 is 54.5 Å². The summed E-state index contributed by atoms with van der Waals surface area (Å²) in [5.74, 6) is -0.752. The molecule has 0 rings (SSSR count). The van der Waals surface area contributed by atoms with Gasteiger partial charge in [-0.25, -0.2) is 0 Å². The molecule has 0 bridgehead atoms. The molecule has 0 aliphatic carbocycles. The molecule has 0 aliphatic heterocycles. The van der Waals surface area contributed by atoms with Gasteiger partial charge in [-0.1, -0.05) is 27.7 Å². The summed E-state index contributed by atoms with van der Waals surface area (Å²) in [6.45, 7) is 13.9. The fourth-order valence-corrected chi connectivity index (χ4v) is 1.40. The first kappa shape index (κ1) is 29.9. The summed E-state index contributed by atoms with van der Waals surface area (Å²) in [4.78, 5) is 21.8. The molecule has 0 atom stereocenters. The van der Waals surface area contributed by atoms with Crippen LogP contribution in [-0.2, 0) is 14.3 Å². The van der Waals surface area contributed by atoms with Crippen LogP contribution in [0.4, 0.5) is 0 Å². The molecule has 0 aromatic carbocycles. The van der Waals surface area contributed by atoms with Gasteiger partial charge in [-0.2, -0.15) is 0 Å². The summed E-state index contributed by atoms with van der Waals surface area (Å²) in [6.07, 6.45) is 3.11. The zero-order valence-corrected chi connectivity index (χ0v) is 17.7. The minimum absolute atomic E-state index is 0. The van der Waals surface area contributed by atoms with Crippen LogP contribution >= 0.6 is 0 Å². The van der Waals surface area contributed by atoms with Gasteiger partial charge in [0.05, 0.1) is 17.4 Å². The van der Waals surface area contributed by atoms with E-state index in [1.165, 1.54) is 0 Å². The third-order valence-corrected chi connectivity index (χ3v) is 4.41. The van der Waals surface area contributed by atoms with Crippen LogP contribution in [0, 0.1) is 10.8 Å². The summed E-state index contributed by atoms with van der Waals surface area (Å²) >= 11 is 0. The summed E-state index contributed by atoms with van der Waals surface area (Å²) in [6, 6.07) is 0. The van der Waals surface area contributed by atoms with Crippen LogP contribution in [0.3, 0.4) is 0 Å². The molecule has 0 aromatic heterocycles. The topological polar surface area (TPSA) is 93.6 Å². The Morgan fingerprint density at radius 2 is 1.18 bits per heavy atom. The van der Waals surface area contributed by atoms with Crippen LogP contribution in [0.1, 0.15) is 74.1 Å². The van der Waals surface area contributed by atoms with E-state index >= 15 is 0 Å². The Hall–Kier alpha value is -0.100. The molecular weight excluding hydrogens is 295 g/mol. The number of ether oxygens (including phenoxy) is 1. The van der Waals surface area contributed by atoms with Crippen LogP contribution in [-0.4, -0.2) is 29.1 Å². The molecule has 128 valence electrons. The molecule has 0 fully saturated rings. The minimum Gasteiger partial charge on any atom is -0.870 e. The van der Waals surface area contributed by atoms with E-state index in [9.17, 15) is 9.59 Å². The Labute approximate surface area is 157 Å². The van der Waals surface area contributed by atoms with Crippen molar-refractivity contribution in [2.75, 3.05) is 6.61 Å². The Kier molecular flexibility index (Phi) is 19.7. The van der Waals surface area contributed by atoms with Crippen molar-refractivity contribution in [3.63, 3.8) is 0 Å². The van der Waals surface area contributed by atoms with E-state index in [4.69, 9.17) is 9.84 Å². The van der Waals surface area contributed by atoms with Crippen LogP contribution < -0.4 is 29.6 Å². The molecule has 0 amide bonds. The van der Waals surface area contributed by atoms with Gasteiger partial charge in [-0.15, -0.1) is 0 Å². The van der Waals surface area contributed by atoms with Gasteiger partial charge < -0.3 is 15.3 Å². The van der Waals surface area contributed by atoms with Crippen LogP contribution in [0.25, 0.3) is 0 Å². The molecule has 0 aromatic rings. The van der Waals surface area contributed by atoms with Gasteiger partial charge in [0.15, 0.2) is 0 Å². The summed E-state index contributed by atoms with van der Waals surface area (Å²) in [5.41, 5.74) is -0.768. The standard InChI is InChI=1S/C9H18O2.C7H14O2.Na.H2O/c1-5-9(4,6-2)8(10)11-7-3;1-4-7(3,5-2)6(8)9;;/h5-7H2,1-4H3;4-5H2,1-3H3,(H,8,9);;1H2/q;;+1;/p-1. The fraction of sp³-hybridized carbons (Fsp3) is 0.875. The number of carboxylic acids is 1. The molecular formula is C16H33NaO5. The molecule has 0 radical (unpaired) electrons. The van der Waals surface area contributed by atoms with Gasteiger partial charge in [0.1, 0.15) is 0 Å². The SMILES string of the molecule is CCC(C)(CC)C(=O)O.CCOC(=O)C(C)(CC)CC.[Na+].[OH-]. The number of carbonyl (C=O) groups excluding carboxylic acids is 1. The van der Waals surface area contributed by atoms with E-state index in [1.54, 1.807) is 6.92 Å². The van der Waals surface area contributed by atoms with Gasteiger partial charge >= 0.3 is 41.5 Å². The van der Waals surface area contributed by atoms with E-state index in [2.05, 4.69) is 0 Å². The van der Waals surface area contributed by atoms with Crippen LogP contribution in [0.5, 0.6) is 0 Å². The molecule has 0 saturated carbocycles. The van der Waals surface area contributed by atoms with E-state index in [1.807, 2.05) is 41.5 Å². The average molecular weight is 328 g/mol. The maximum absolute atomic E-state index is 11.3. The summed E-state index contributed by atoms with van der Waals surface area (Å²) in [5, 5.41) is 8.63. The number of carboxylic acid groups (broad SMARTS) is 1. The van der Waals surface area contributed by atoms with Crippen molar-refractivity contribution in [3.05, 3.63) is 0 Å². The quantitative estimate of drug-likeness (QED) is 0.558. The minimum atomic E-state index is -0.687. The third kappa shape index (κ3) is 9.82. The van der Waals surface area contributed by atoms with Gasteiger partial charge in [0.25, 0.3) is 0 Å². The van der Waals surface area contributed by atoms with Crippen LogP contribution in [0.15, 0.2) is 0 Å². The first-order valence-electron chi connectivity index (χ1n) is 7.57. The Morgan fingerprint density at radius 1 is 0.864 bits per heavy atom. The number of rotatable bonds is 7. The van der Waals surface area contributed by atoms with Crippen molar-refractivity contribution in [2.45, 2.75) is 74.1 Å². The average Bonchev–Trinajstić information content (AvgIpc) is 2.46. The van der Waals surface area contributed by atoms with Gasteiger partial charge in [-0.3, -0.25) is 9.59 Å². The first-order valence-corrected chi connectivity index (χ1v) is 7.57. The molecule has 22 heavy (non-hydrogen) atoms. The molecule has 2 N–H and O–H groups in total. The molecule has 6 heteroatoms. The normalized spacial score (nSPS) is 10.3. The fourth-order valence-electron chi connectivity index (χ4n) is 1.40. The van der Waals surface area contributed by atoms with Crippen molar-refractivity contribution in [1.82, 2.24) is 0 Å². The Balaban J connectivity index is -0.000000137. The number of aliphatic carboxylic acids is 1. The van der Waals surface area contributed by atoms with E-state index in [-0.39, 0.29) is 46.4 Å². The van der Waals surface area contributed by atoms with Gasteiger partial charge in [-0.05, 0) is 46.5 Å². The smallest absolute Gasteiger partial charge is 0.870 e. The maximum atomic E-state index is 11.3. The maximum Gasteiger partial charge on any atom is 1.00 e. The van der Waals surface area contributed by atoms with Crippen molar-refractivity contribution in [3.8, 4) is 0 Å². The third-order valence-electron chi connectivity index (χ3n) is 4.41. The predicted octanol–water partition coefficient (Wildman–Crippen LogP) is 1.10. The Bertz CT molecular complexity index is 297. The monoisotopic (exact) mass is 328 g/mol. The zero-order valence-electron chi connectivity index (χ0n) is 15.7. The van der Waals surface area contributed by atoms with Gasteiger partial charge in [0.2, 0.25) is 0 Å². The van der Waals surface area contributed by atoms with Gasteiger partial charge in [0, 0.05) is 0 Å². The van der Waals surface area contributed by atoms with Crippen LogP contribution in [0.2, 0.25) is 0 Å². The number of hydrogen-bond donors (Lipinski definition) is 1. The van der Waals surface area contributed by atoms with E-state index < -0.39 is 11.4 Å². The molecule has 0 heterocycles. The van der Waals surface area contributed by atoms with Crippen molar-refractivity contribution in [1.29, 1.82) is 0 Å². The number of carbonyl (C=O) groups is 2. The first-order chi connectivity index (χ1) is 9.17. The largest absolute Gasteiger partial charge is 1.00 e. The second-order valence-electron chi connectivity index (χ2n) is 5.56. The van der Waals surface area contributed by atoms with E-state index in [0.29, 0.717) is 19.4 Å². The second-order valence-corrected chi connectivity index (χ2v) is 5.56. The Morgan fingerprint density at radius 3 is 1.32 bits per heavy atom. The molecule has 5 nitrogen and oxygen atoms in total. The summed E-state index contributed by atoms with van der Waals surface area (Å²) in [7, 11) is 0. The molecule has 0 unspecified atom stereocenters. The van der Waals surface area contributed by atoms with Crippen molar-refractivity contribution >= 4 is 11.9 Å². The molecule has 0 aliphatic rings. The summed E-state index contributed by atoms with van der Waals surface area (Å²) < 4.78 is 4.95. The second kappa shape index (κ2) is 14.5. The predicted molar refractivity (Wildman–Crippen MR) is 83.6 cm³/mol.